The summed E-state index contributed by atoms with van der Waals surface area (Å²) >= 11 is 0. The van der Waals surface area contributed by atoms with Crippen LogP contribution in [0.1, 0.15) is 39.5 Å². The molecule has 0 radical (unpaired) electrons. The first kappa shape index (κ1) is 18.6. The number of nitrogens with one attached hydrogen (secondary N) is 1. The molecule has 2 aliphatic rings. The van der Waals surface area contributed by atoms with Crippen molar-refractivity contribution in [3.05, 3.63) is 65.1 Å². The number of anilines is 1. The van der Waals surface area contributed by atoms with Gasteiger partial charge in [-0.25, -0.2) is 4.39 Å². The van der Waals surface area contributed by atoms with Crippen molar-refractivity contribution >= 4 is 28.4 Å². The molecular weight excluding hydrogens is 381 g/mol. The lowest BCUT2D eigenvalue weighted by molar-refractivity contribution is -0.114. The average molecular weight is 403 g/mol. The summed E-state index contributed by atoms with van der Waals surface area (Å²) in [7, 11) is 0. The van der Waals surface area contributed by atoms with Crippen LogP contribution in [0, 0.1) is 25.6 Å². The number of hydrogen-bond acceptors (Lipinski definition) is 2. The van der Waals surface area contributed by atoms with Crippen LogP contribution in [0.15, 0.2) is 36.9 Å². The van der Waals surface area contributed by atoms with Gasteiger partial charge in [-0.1, -0.05) is 18.7 Å². The molecule has 1 aliphatic heterocycles. The Morgan fingerprint density at radius 1 is 1.33 bits per heavy atom. The topological polar surface area (TPSA) is 79.2 Å². The number of rotatable bonds is 3. The number of primary amides is 1. The molecule has 2 atom stereocenters. The van der Waals surface area contributed by atoms with Crippen LogP contribution in [0.2, 0.25) is 0 Å². The second-order valence-electron chi connectivity index (χ2n) is 8.26. The predicted molar refractivity (Wildman–Crippen MR) is 115 cm³/mol. The molecule has 1 saturated carbocycles. The molecule has 2 amide bonds. The Bertz CT molecular complexity index is 1270. The fraction of sp³-hybridized carbons (Fsp3) is 0.250. The molecule has 5 nitrogen and oxygen atoms in total. The molecule has 1 aromatic heterocycles. The van der Waals surface area contributed by atoms with E-state index in [2.05, 4.69) is 11.6 Å². The molecule has 3 aromatic rings. The van der Waals surface area contributed by atoms with E-state index >= 15 is 4.39 Å². The predicted octanol–water partition coefficient (Wildman–Crippen LogP) is 4.33. The van der Waals surface area contributed by atoms with Crippen molar-refractivity contribution in [2.45, 2.75) is 26.2 Å². The lowest BCUT2D eigenvalue weighted by atomic mass is 9.88. The molecule has 152 valence electrons. The van der Waals surface area contributed by atoms with Crippen LogP contribution in [0.5, 0.6) is 0 Å². The first-order chi connectivity index (χ1) is 14.3. The number of H-pyrrole nitrogens is 1. The van der Waals surface area contributed by atoms with E-state index in [0.29, 0.717) is 34.8 Å². The summed E-state index contributed by atoms with van der Waals surface area (Å²) in [6, 6.07) is 6.88. The van der Waals surface area contributed by atoms with Crippen molar-refractivity contribution in [1.29, 1.82) is 0 Å². The van der Waals surface area contributed by atoms with Crippen LogP contribution >= 0.6 is 0 Å². The summed E-state index contributed by atoms with van der Waals surface area (Å²) in [5, 5.41) is 0.666. The minimum atomic E-state index is -0.674. The smallest absolute Gasteiger partial charge is 0.250 e. The molecule has 3 N–H and O–H groups in total. The summed E-state index contributed by atoms with van der Waals surface area (Å²) in [6.07, 6.45) is 2.29. The number of nitrogens with zero attached hydrogens (tertiary/aromatic N) is 1. The van der Waals surface area contributed by atoms with Gasteiger partial charge in [0.1, 0.15) is 5.82 Å². The zero-order chi connectivity index (χ0) is 21.3. The third-order valence-electron chi connectivity index (χ3n) is 6.59. The Labute approximate surface area is 173 Å². The molecule has 5 rings (SSSR count). The van der Waals surface area contributed by atoms with E-state index < -0.39 is 11.7 Å². The highest BCUT2D eigenvalue weighted by Gasteiger charge is 2.47. The van der Waals surface area contributed by atoms with E-state index in [1.807, 2.05) is 32.0 Å². The number of nitrogens with two attached hydrogens (primary N) is 1. The van der Waals surface area contributed by atoms with Crippen LogP contribution in [0.25, 0.3) is 22.0 Å². The second kappa shape index (κ2) is 6.29. The Morgan fingerprint density at radius 2 is 2.10 bits per heavy atom. The number of fused-ring (bicyclic) bond motifs is 4. The van der Waals surface area contributed by atoms with Gasteiger partial charge in [-0.05, 0) is 67.0 Å². The van der Waals surface area contributed by atoms with Gasteiger partial charge in [0.15, 0.2) is 0 Å². The van der Waals surface area contributed by atoms with Gasteiger partial charge in [0.2, 0.25) is 5.91 Å². The zero-order valence-electron chi connectivity index (χ0n) is 16.9. The number of benzene rings is 2. The fourth-order valence-electron chi connectivity index (χ4n) is 4.93. The number of amides is 2. The average Bonchev–Trinajstić information content (AvgIpc) is 3.45. The molecule has 0 spiro atoms. The number of halogens is 1. The van der Waals surface area contributed by atoms with Gasteiger partial charge < -0.3 is 15.6 Å². The van der Waals surface area contributed by atoms with Crippen molar-refractivity contribution < 1.29 is 14.0 Å². The van der Waals surface area contributed by atoms with E-state index in [4.69, 9.17) is 5.73 Å². The summed E-state index contributed by atoms with van der Waals surface area (Å²) < 4.78 is 15.5. The quantitative estimate of drug-likeness (QED) is 0.639. The van der Waals surface area contributed by atoms with Gasteiger partial charge in [0.25, 0.3) is 5.91 Å². The maximum atomic E-state index is 15.5. The van der Waals surface area contributed by atoms with Crippen LogP contribution in [0.3, 0.4) is 0 Å². The molecule has 2 heterocycles. The summed E-state index contributed by atoms with van der Waals surface area (Å²) in [5.74, 6) is -0.638. The molecule has 0 bridgehead atoms. The van der Waals surface area contributed by atoms with Crippen LogP contribution in [-0.4, -0.2) is 23.3 Å². The third kappa shape index (κ3) is 2.46. The Morgan fingerprint density at radius 3 is 2.80 bits per heavy atom. The first-order valence-corrected chi connectivity index (χ1v) is 10.0. The lowest BCUT2D eigenvalue weighted by Gasteiger charge is -2.30. The largest absolute Gasteiger partial charge is 0.366 e. The highest BCUT2D eigenvalue weighted by molar-refractivity contribution is 6.12. The van der Waals surface area contributed by atoms with Crippen molar-refractivity contribution in [3.63, 3.8) is 0 Å². The van der Waals surface area contributed by atoms with E-state index in [1.54, 1.807) is 4.90 Å². The van der Waals surface area contributed by atoms with Crippen LogP contribution in [0.4, 0.5) is 10.1 Å². The molecule has 2 unspecified atom stereocenters. The number of aromatic amines is 1. The number of carbonyl (C=O) groups excluding carboxylic acids is 2. The lowest BCUT2D eigenvalue weighted by Crippen LogP contribution is -2.34. The highest BCUT2D eigenvalue weighted by atomic mass is 19.1. The fourth-order valence-corrected chi connectivity index (χ4v) is 4.93. The van der Waals surface area contributed by atoms with Gasteiger partial charge >= 0.3 is 0 Å². The number of hydrogen-bond donors (Lipinski definition) is 2. The van der Waals surface area contributed by atoms with Gasteiger partial charge in [-0.2, -0.15) is 0 Å². The monoisotopic (exact) mass is 403 g/mol. The molecule has 0 saturated heterocycles. The Kier molecular flexibility index (Phi) is 3.90. The van der Waals surface area contributed by atoms with Gasteiger partial charge in [0, 0.05) is 28.9 Å². The third-order valence-corrected chi connectivity index (χ3v) is 6.59. The van der Waals surface area contributed by atoms with Crippen molar-refractivity contribution in [2.24, 2.45) is 11.7 Å². The minimum Gasteiger partial charge on any atom is -0.366 e. The molecule has 2 aromatic carbocycles. The molecule has 1 aliphatic carbocycles. The van der Waals surface area contributed by atoms with Crippen molar-refractivity contribution in [1.82, 2.24) is 4.98 Å². The van der Waals surface area contributed by atoms with Gasteiger partial charge in [-0.15, -0.1) is 0 Å². The Balaban J connectivity index is 1.85. The summed E-state index contributed by atoms with van der Waals surface area (Å²) in [5.41, 5.74) is 11.0. The van der Waals surface area contributed by atoms with E-state index in [-0.39, 0.29) is 11.5 Å². The van der Waals surface area contributed by atoms with Crippen molar-refractivity contribution in [2.75, 3.05) is 11.4 Å². The molecule has 1 fully saturated rings. The van der Waals surface area contributed by atoms with Crippen molar-refractivity contribution in [3.8, 4) is 11.1 Å². The second-order valence-corrected chi connectivity index (χ2v) is 8.26. The SMILES string of the molecule is C=CC(=O)N1CC2CC2c2c(-c3c(F)cc(C(N)=O)c4[nH]c(C)c(C)c34)cccc21. The first-order valence-electron chi connectivity index (χ1n) is 10.0. The zero-order valence-corrected chi connectivity index (χ0v) is 16.9. The van der Waals surface area contributed by atoms with Gasteiger partial charge in [0.05, 0.1) is 11.1 Å². The van der Waals surface area contributed by atoms with E-state index in [1.165, 1.54) is 12.1 Å². The molecule has 6 heteroatoms. The van der Waals surface area contributed by atoms with E-state index in [0.717, 1.165) is 34.5 Å². The van der Waals surface area contributed by atoms with Crippen LogP contribution < -0.4 is 10.6 Å². The highest BCUT2D eigenvalue weighted by Crippen LogP contribution is 2.58. The number of carbonyl (C=O) groups is 2. The van der Waals surface area contributed by atoms with Crippen LogP contribution in [-0.2, 0) is 4.79 Å². The molecular formula is C24H22FN3O2. The number of aryl methyl sites for hydroxylation is 2. The number of aromatic nitrogens is 1. The van der Waals surface area contributed by atoms with Gasteiger partial charge in [-0.3, -0.25) is 9.59 Å². The minimum absolute atomic E-state index is 0.139. The summed E-state index contributed by atoms with van der Waals surface area (Å²) in [4.78, 5) is 29.4. The molecule has 30 heavy (non-hydrogen) atoms. The van der Waals surface area contributed by atoms with E-state index in [9.17, 15) is 9.59 Å². The standard InChI is InChI=1S/C24H22FN3O2/c1-4-19(29)28-10-13-8-15(13)21-14(6-5-7-18(21)28)22-17(25)9-16(24(26)30)23-20(22)11(2)12(3)27-23/h4-7,9,13,15,27H,1,8,10H2,2-3H3,(H2,26,30). The Hall–Kier alpha value is -3.41. The normalized spacial score (nSPS) is 19.4. The maximum Gasteiger partial charge on any atom is 0.250 e. The maximum absolute atomic E-state index is 15.5. The summed E-state index contributed by atoms with van der Waals surface area (Å²) in [6.45, 7) is 8.08.